The lowest BCUT2D eigenvalue weighted by molar-refractivity contribution is -0.143. The molecular formula is C11H13NO3S. The number of carboxylic acid groups (broad SMARTS) is 1. The molecule has 1 aliphatic carbocycles. The van der Waals surface area contributed by atoms with Crippen LogP contribution in [0.25, 0.3) is 0 Å². The lowest BCUT2D eigenvalue weighted by Gasteiger charge is -2.15. The van der Waals surface area contributed by atoms with Gasteiger partial charge in [-0.15, -0.1) is 11.3 Å². The molecule has 86 valence electrons. The highest BCUT2D eigenvalue weighted by Crippen LogP contribution is 2.36. The van der Waals surface area contributed by atoms with E-state index < -0.39 is 11.5 Å². The zero-order valence-electron chi connectivity index (χ0n) is 8.90. The van der Waals surface area contributed by atoms with Gasteiger partial charge >= 0.3 is 5.97 Å². The molecular weight excluding hydrogens is 226 g/mol. The minimum absolute atomic E-state index is 0.206. The Balaban J connectivity index is 2.01. The van der Waals surface area contributed by atoms with Crippen molar-refractivity contribution in [3.05, 3.63) is 22.4 Å². The Labute approximate surface area is 97.3 Å². The van der Waals surface area contributed by atoms with Crippen LogP contribution in [0.2, 0.25) is 0 Å². The quantitative estimate of drug-likeness (QED) is 0.838. The van der Waals surface area contributed by atoms with E-state index in [4.69, 9.17) is 5.11 Å². The summed E-state index contributed by atoms with van der Waals surface area (Å²) in [6.45, 7) is 1.79. The van der Waals surface area contributed by atoms with E-state index in [1.54, 1.807) is 6.92 Å². The van der Waals surface area contributed by atoms with E-state index in [1.807, 2.05) is 17.5 Å². The summed E-state index contributed by atoms with van der Waals surface area (Å²) in [4.78, 5) is 23.7. The van der Waals surface area contributed by atoms with E-state index in [9.17, 15) is 9.59 Å². The molecule has 2 rings (SSSR count). The molecule has 2 N–H and O–H groups in total. The van der Waals surface area contributed by atoms with Gasteiger partial charge in [-0.05, 0) is 31.2 Å². The third-order valence-electron chi connectivity index (χ3n) is 2.89. The summed E-state index contributed by atoms with van der Waals surface area (Å²) in [6, 6.07) is 3.77. The van der Waals surface area contributed by atoms with Gasteiger partial charge in [-0.2, -0.15) is 0 Å². The van der Waals surface area contributed by atoms with Crippen molar-refractivity contribution >= 4 is 23.2 Å². The van der Waals surface area contributed by atoms with Crippen LogP contribution in [0.15, 0.2) is 17.5 Å². The van der Waals surface area contributed by atoms with Gasteiger partial charge in [-0.3, -0.25) is 4.79 Å². The standard InChI is InChI=1S/C11H13NO3S/c1-7(8-3-2-6-16-8)9(13)12-11(4-5-11)10(14)15/h2-3,6-7H,4-5H2,1H3,(H,12,13)(H,14,15). The number of aliphatic carboxylic acids is 1. The number of carbonyl (C=O) groups is 2. The fourth-order valence-corrected chi connectivity index (χ4v) is 2.31. The number of hydrogen-bond donors (Lipinski definition) is 2. The van der Waals surface area contributed by atoms with E-state index in [2.05, 4.69) is 5.32 Å². The first-order valence-corrected chi connectivity index (χ1v) is 6.02. The molecule has 1 fully saturated rings. The number of carbonyl (C=O) groups excluding carboxylic acids is 1. The van der Waals surface area contributed by atoms with E-state index in [1.165, 1.54) is 11.3 Å². The van der Waals surface area contributed by atoms with Crippen LogP contribution in [-0.2, 0) is 9.59 Å². The Morgan fingerprint density at radius 3 is 2.69 bits per heavy atom. The smallest absolute Gasteiger partial charge is 0.329 e. The maximum absolute atomic E-state index is 11.8. The van der Waals surface area contributed by atoms with Crippen LogP contribution >= 0.6 is 11.3 Å². The highest BCUT2D eigenvalue weighted by molar-refractivity contribution is 7.10. The Bertz CT molecular complexity index is 409. The van der Waals surface area contributed by atoms with Crippen LogP contribution in [0.4, 0.5) is 0 Å². The van der Waals surface area contributed by atoms with Gasteiger partial charge in [0.1, 0.15) is 5.54 Å². The molecule has 5 heteroatoms. The topological polar surface area (TPSA) is 66.4 Å². The van der Waals surface area contributed by atoms with Gasteiger partial charge in [0.05, 0.1) is 5.92 Å². The van der Waals surface area contributed by atoms with Gasteiger partial charge in [-0.25, -0.2) is 4.79 Å². The molecule has 1 aliphatic rings. The first-order chi connectivity index (χ1) is 7.55. The molecule has 1 amide bonds. The summed E-state index contributed by atoms with van der Waals surface area (Å²) in [5.74, 6) is -1.42. The van der Waals surface area contributed by atoms with E-state index in [0.29, 0.717) is 12.8 Å². The lowest BCUT2D eigenvalue weighted by Crippen LogP contribution is -2.44. The lowest BCUT2D eigenvalue weighted by atomic mass is 10.1. The molecule has 1 heterocycles. The van der Waals surface area contributed by atoms with Crippen LogP contribution in [0, 0.1) is 0 Å². The van der Waals surface area contributed by atoms with Crippen molar-refractivity contribution in [3.63, 3.8) is 0 Å². The van der Waals surface area contributed by atoms with Crippen molar-refractivity contribution in [1.82, 2.24) is 5.32 Å². The second-order valence-corrected chi connectivity index (χ2v) is 5.09. The molecule has 0 radical (unpaired) electrons. The van der Waals surface area contributed by atoms with Crippen molar-refractivity contribution in [2.45, 2.75) is 31.2 Å². The summed E-state index contributed by atoms with van der Waals surface area (Å²) in [7, 11) is 0. The van der Waals surface area contributed by atoms with Crippen molar-refractivity contribution in [1.29, 1.82) is 0 Å². The van der Waals surface area contributed by atoms with Gasteiger partial charge in [-0.1, -0.05) is 6.07 Å². The maximum Gasteiger partial charge on any atom is 0.329 e. The first kappa shape index (κ1) is 11.1. The van der Waals surface area contributed by atoms with Crippen LogP contribution in [0.3, 0.4) is 0 Å². The molecule has 1 aromatic rings. The van der Waals surface area contributed by atoms with Crippen LogP contribution in [0.1, 0.15) is 30.6 Å². The van der Waals surface area contributed by atoms with Crippen molar-refractivity contribution in [2.75, 3.05) is 0 Å². The number of thiophene rings is 1. The van der Waals surface area contributed by atoms with Crippen LogP contribution in [0.5, 0.6) is 0 Å². The highest BCUT2D eigenvalue weighted by Gasteiger charge is 2.52. The molecule has 4 nitrogen and oxygen atoms in total. The molecule has 0 saturated heterocycles. The molecule has 0 aromatic carbocycles. The Hall–Kier alpha value is -1.36. The molecule has 0 spiro atoms. The van der Waals surface area contributed by atoms with Crippen molar-refractivity contribution in [2.24, 2.45) is 0 Å². The Morgan fingerprint density at radius 1 is 1.56 bits per heavy atom. The van der Waals surface area contributed by atoms with E-state index in [0.717, 1.165) is 4.88 Å². The average molecular weight is 239 g/mol. The fourth-order valence-electron chi connectivity index (χ4n) is 1.53. The van der Waals surface area contributed by atoms with E-state index >= 15 is 0 Å². The number of hydrogen-bond acceptors (Lipinski definition) is 3. The van der Waals surface area contributed by atoms with Gasteiger partial charge in [0.15, 0.2) is 0 Å². The average Bonchev–Trinajstić information content (AvgIpc) is 2.83. The maximum atomic E-state index is 11.8. The summed E-state index contributed by atoms with van der Waals surface area (Å²) >= 11 is 1.51. The molecule has 1 atom stereocenters. The summed E-state index contributed by atoms with van der Waals surface area (Å²) < 4.78 is 0. The Kier molecular flexibility index (Phi) is 2.71. The van der Waals surface area contributed by atoms with Crippen molar-refractivity contribution in [3.8, 4) is 0 Å². The van der Waals surface area contributed by atoms with Gasteiger partial charge in [0.2, 0.25) is 5.91 Å². The molecule has 16 heavy (non-hydrogen) atoms. The SMILES string of the molecule is CC(C(=O)NC1(C(=O)O)CC1)c1cccs1. The summed E-state index contributed by atoms with van der Waals surface area (Å²) in [5, 5.41) is 13.5. The highest BCUT2D eigenvalue weighted by atomic mass is 32.1. The first-order valence-electron chi connectivity index (χ1n) is 5.14. The van der Waals surface area contributed by atoms with Crippen LogP contribution < -0.4 is 5.32 Å². The second-order valence-electron chi connectivity index (χ2n) is 4.11. The molecule has 1 unspecified atom stereocenters. The largest absolute Gasteiger partial charge is 0.480 e. The zero-order valence-corrected chi connectivity index (χ0v) is 9.71. The van der Waals surface area contributed by atoms with Gasteiger partial charge < -0.3 is 10.4 Å². The minimum Gasteiger partial charge on any atom is -0.480 e. The van der Waals surface area contributed by atoms with Gasteiger partial charge in [0.25, 0.3) is 0 Å². The molecule has 1 aromatic heterocycles. The number of amides is 1. The minimum atomic E-state index is -0.984. The van der Waals surface area contributed by atoms with Crippen molar-refractivity contribution < 1.29 is 14.7 Å². The molecule has 0 aliphatic heterocycles. The Morgan fingerprint density at radius 2 is 2.25 bits per heavy atom. The second kappa shape index (κ2) is 3.90. The molecule has 0 bridgehead atoms. The summed E-state index contributed by atoms with van der Waals surface area (Å²) in [5.41, 5.74) is -0.984. The van der Waals surface area contributed by atoms with E-state index in [-0.39, 0.29) is 11.8 Å². The third kappa shape index (κ3) is 1.95. The normalized spacial score (nSPS) is 18.8. The number of nitrogens with one attached hydrogen (secondary N) is 1. The predicted octanol–water partition coefficient (Wildman–Crippen LogP) is 1.58. The summed E-state index contributed by atoms with van der Waals surface area (Å²) in [6.07, 6.45) is 1.07. The predicted molar refractivity (Wildman–Crippen MR) is 60.5 cm³/mol. The van der Waals surface area contributed by atoms with Gasteiger partial charge in [0, 0.05) is 4.88 Å². The monoisotopic (exact) mass is 239 g/mol. The zero-order chi connectivity index (χ0) is 11.8. The third-order valence-corrected chi connectivity index (χ3v) is 3.94. The van der Waals surface area contributed by atoms with Crippen LogP contribution in [-0.4, -0.2) is 22.5 Å². The number of carboxylic acids is 1. The molecule has 1 saturated carbocycles. The number of rotatable bonds is 4. The fraction of sp³-hybridized carbons (Fsp3) is 0.455.